The highest BCUT2D eigenvalue weighted by Gasteiger charge is 2.35. The summed E-state index contributed by atoms with van der Waals surface area (Å²) in [6.07, 6.45) is 5.42. The number of nitrogens with zero attached hydrogens (tertiary/aromatic N) is 3. The molecule has 0 saturated heterocycles. The van der Waals surface area contributed by atoms with Gasteiger partial charge in [0.1, 0.15) is 22.2 Å². The van der Waals surface area contributed by atoms with Crippen LogP contribution < -0.4 is 5.32 Å². The molecule has 26 heavy (non-hydrogen) atoms. The van der Waals surface area contributed by atoms with Crippen LogP contribution in [0.5, 0.6) is 0 Å². The highest BCUT2D eigenvalue weighted by Crippen LogP contribution is 2.42. The second kappa shape index (κ2) is 6.09. The van der Waals surface area contributed by atoms with Gasteiger partial charge < -0.3 is 9.73 Å². The third-order valence-electron chi connectivity index (χ3n) is 4.73. The van der Waals surface area contributed by atoms with E-state index in [4.69, 9.17) is 4.42 Å². The standard InChI is InChI=1S/C19H22N4O2S/c1-11-5-13-14(6-19(2,3)7-16(13)25-11)21-17(24)15-10-26-18(22-15)12-8-20-23(4)9-12/h5,8-10,14H,6-7H2,1-4H3,(H,21,24). The first-order chi connectivity index (χ1) is 12.3. The summed E-state index contributed by atoms with van der Waals surface area (Å²) in [5.74, 6) is 1.72. The van der Waals surface area contributed by atoms with E-state index in [9.17, 15) is 4.79 Å². The van der Waals surface area contributed by atoms with Gasteiger partial charge in [-0.1, -0.05) is 13.8 Å². The molecule has 0 fully saturated rings. The van der Waals surface area contributed by atoms with Gasteiger partial charge in [-0.25, -0.2) is 4.98 Å². The fraction of sp³-hybridized carbons (Fsp3) is 0.421. The third-order valence-corrected chi connectivity index (χ3v) is 5.62. The van der Waals surface area contributed by atoms with Gasteiger partial charge in [0.05, 0.1) is 12.2 Å². The molecule has 3 aromatic rings. The minimum atomic E-state index is -0.149. The molecule has 0 radical (unpaired) electrons. The van der Waals surface area contributed by atoms with Crippen molar-refractivity contribution in [2.24, 2.45) is 12.5 Å². The molecule has 1 aliphatic rings. The molecule has 3 heterocycles. The van der Waals surface area contributed by atoms with Crippen molar-refractivity contribution >= 4 is 17.2 Å². The van der Waals surface area contributed by atoms with Crippen LogP contribution in [-0.4, -0.2) is 20.7 Å². The molecule has 1 atom stereocenters. The number of carbonyl (C=O) groups is 1. The second-order valence-electron chi connectivity index (χ2n) is 7.75. The number of nitrogens with one attached hydrogen (secondary N) is 1. The fourth-order valence-electron chi connectivity index (χ4n) is 3.59. The lowest BCUT2D eigenvalue weighted by atomic mass is 9.74. The summed E-state index contributed by atoms with van der Waals surface area (Å²) in [6.45, 7) is 6.36. The lowest BCUT2D eigenvalue weighted by Gasteiger charge is -2.34. The molecule has 3 aromatic heterocycles. The van der Waals surface area contributed by atoms with Crippen LogP contribution in [0.1, 0.15) is 53.9 Å². The van der Waals surface area contributed by atoms with Crippen molar-refractivity contribution in [3.63, 3.8) is 0 Å². The summed E-state index contributed by atoms with van der Waals surface area (Å²) in [6, 6.07) is 1.99. The number of furan rings is 1. The first kappa shape index (κ1) is 17.0. The lowest BCUT2D eigenvalue weighted by Crippen LogP contribution is -2.36. The molecule has 1 unspecified atom stereocenters. The minimum Gasteiger partial charge on any atom is -0.466 e. The van der Waals surface area contributed by atoms with Crippen LogP contribution in [0.25, 0.3) is 10.6 Å². The SMILES string of the molecule is Cc1cc2c(o1)CC(C)(C)CC2NC(=O)c1csc(-c2cnn(C)c2)n1. The topological polar surface area (TPSA) is 73.0 Å². The van der Waals surface area contributed by atoms with E-state index in [1.165, 1.54) is 11.3 Å². The van der Waals surface area contributed by atoms with Crippen LogP contribution in [0.3, 0.4) is 0 Å². The van der Waals surface area contributed by atoms with Gasteiger partial charge in [0.15, 0.2) is 0 Å². The molecule has 136 valence electrons. The van der Waals surface area contributed by atoms with E-state index in [-0.39, 0.29) is 17.4 Å². The quantitative estimate of drug-likeness (QED) is 0.759. The van der Waals surface area contributed by atoms with E-state index < -0.39 is 0 Å². The average molecular weight is 370 g/mol. The van der Waals surface area contributed by atoms with Gasteiger partial charge in [0.25, 0.3) is 5.91 Å². The Morgan fingerprint density at radius 3 is 3.00 bits per heavy atom. The van der Waals surface area contributed by atoms with E-state index in [1.807, 2.05) is 26.2 Å². The molecule has 7 heteroatoms. The maximum atomic E-state index is 12.8. The van der Waals surface area contributed by atoms with Gasteiger partial charge in [-0.05, 0) is 24.8 Å². The zero-order valence-electron chi connectivity index (χ0n) is 15.4. The fourth-order valence-corrected chi connectivity index (χ4v) is 4.36. The van der Waals surface area contributed by atoms with Gasteiger partial charge in [0.2, 0.25) is 0 Å². The number of hydrogen-bond acceptors (Lipinski definition) is 5. The van der Waals surface area contributed by atoms with Gasteiger partial charge >= 0.3 is 0 Å². The summed E-state index contributed by atoms with van der Waals surface area (Å²) in [5, 5.41) is 9.91. The Balaban J connectivity index is 1.56. The Hall–Kier alpha value is -2.41. The number of amides is 1. The van der Waals surface area contributed by atoms with E-state index in [1.54, 1.807) is 16.3 Å². The predicted molar refractivity (Wildman–Crippen MR) is 100 cm³/mol. The largest absolute Gasteiger partial charge is 0.466 e. The highest BCUT2D eigenvalue weighted by atomic mass is 32.1. The Kier molecular flexibility index (Phi) is 3.99. The van der Waals surface area contributed by atoms with Crippen molar-refractivity contribution in [3.8, 4) is 10.6 Å². The monoisotopic (exact) mass is 370 g/mol. The average Bonchev–Trinajstić information content (AvgIpc) is 3.24. The summed E-state index contributed by atoms with van der Waals surface area (Å²) >= 11 is 1.45. The van der Waals surface area contributed by atoms with Crippen LogP contribution in [0.4, 0.5) is 0 Å². The van der Waals surface area contributed by atoms with Crippen LogP contribution in [-0.2, 0) is 13.5 Å². The van der Waals surface area contributed by atoms with Crippen molar-refractivity contribution in [2.75, 3.05) is 0 Å². The van der Waals surface area contributed by atoms with Crippen LogP contribution in [0, 0.1) is 12.3 Å². The molecule has 0 spiro atoms. The van der Waals surface area contributed by atoms with Crippen LogP contribution >= 0.6 is 11.3 Å². The summed E-state index contributed by atoms with van der Waals surface area (Å²) in [4.78, 5) is 17.3. The van der Waals surface area contributed by atoms with E-state index in [0.29, 0.717) is 5.69 Å². The summed E-state index contributed by atoms with van der Waals surface area (Å²) in [7, 11) is 1.86. The number of fused-ring (bicyclic) bond motifs is 1. The molecule has 6 nitrogen and oxygen atoms in total. The number of carbonyl (C=O) groups excluding carboxylic acids is 1. The number of rotatable bonds is 3. The molecule has 0 saturated carbocycles. The van der Waals surface area contributed by atoms with Crippen molar-refractivity contribution in [2.45, 2.75) is 39.7 Å². The first-order valence-corrected chi connectivity index (χ1v) is 9.53. The van der Waals surface area contributed by atoms with Crippen LogP contribution in [0.15, 0.2) is 28.3 Å². The molecule has 1 amide bonds. The van der Waals surface area contributed by atoms with Gasteiger partial charge in [-0.15, -0.1) is 11.3 Å². The number of thiazole rings is 1. The zero-order valence-corrected chi connectivity index (χ0v) is 16.2. The smallest absolute Gasteiger partial charge is 0.271 e. The predicted octanol–water partition coefficient (Wildman–Crippen LogP) is 3.89. The molecule has 0 aromatic carbocycles. The Labute approximate surface area is 156 Å². The third kappa shape index (κ3) is 3.19. The van der Waals surface area contributed by atoms with Gasteiger partial charge in [0, 0.05) is 36.2 Å². The van der Waals surface area contributed by atoms with E-state index in [2.05, 4.69) is 29.2 Å². The van der Waals surface area contributed by atoms with Gasteiger partial charge in [-0.3, -0.25) is 9.48 Å². The summed E-state index contributed by atoms with van der Waals surface area (Å²) in [5.41, 5.74) is 2.54. The van der Waals surface area contributed by atoms with Gasteiger partial charge in [-0.2, -0.15) is 5.10 Å². The molecule has 4 rings (SSSR count). The zero-order chi connectivity index (χ0) is 18.5. The minimum absolute atomic E-state index is 0.0535. The Bertz CT molecular complexity index is 966. The molecule has 0 aliphatic heterocycles. The molecule has 1 N–H and O–H groups in total. The summed E-state index contributed by atoms with van der Waals surface area (Å²) < 4.78 is 7.57. The normalized spacial score (nSPS) is 18.5. The Morgan fingerprint density at radius 1 is 1.46 bits per heavy atom. The lowest BCUT2D eigenvalue weighted by molar-refractivity contribution is 0.0913. The van der Waals surface area contributed by atoms with E-state index >= 15 is 0 Å². The Morgan fingerprint density at radius 2 is 2.27 bits per heavy atom. The maximum Gasteiger partial charge on any atom is 0.271 e. The first-order valence-electron chi connectivity index (χ1n) is 8.65. The van der Waals surface area contributed by atoms with Crippen molar-refractivity contribution in [1.29, 1.82) is 0 Å². The van der Waals surface area contributed by atoms with Crippen molar-refractivity contribution < 1.29 is 9.21 Å². The number of aromatic nitrogens is 3. The molecule has 1 aliphatic carbocycles. The molecular weight excluding hydrogens is 348 g/mol. The molecule has 0 bridgehead atoms. The highest BCUT2D eigenvalue weighted by molar-refractivity contribution is 7.13. The molecular formula is C19H22N4O2S. The second-order valence-corrected chi connectivity index (χ2v) is 8.61. The van der Waals surface area contributed by atoms with E-state index in [0.717, 1.165) is 40.5 Å². The number of aryl methyl sites for hydroxylation is 2. The number of hydrogen-bond donors (Lipinski definition) is 1. The van der Waals surface area contributed by atoms with Crippen LogP contribution in [0.2, 0.25) is 0 Å². The maximum absolute atomic E-state index is 12.8. The van der Waals surface area contributed by atoms with Crippen molar-refractivity contribution in [1.82, 2.24) is 20.1 Å². The van der Waals surface area contributed by atoms with Crippen molar-refractivity contribution in [3.05, 3.63) is 46.6 Å².